The molecule has 1 aliphatic carbocycles. The van der Waals surface area contributed by atoms with Gasteiger partial charge in [0.2, 0.25) is 0 Å². The Morgan fingerprint density at radius 1 is 1.25 bits per heavy atom. The molecule has 0 radical (unpaired) electrons. The number of hydrogen-bond acceptors (Lipinski definition) is 5. The van der Waals surface area contributed by atoms with Crippen molar-refractivity contribution in [1.29, 1.82) is 0 Å². The van der Waals surface area contributed by atoms with Crippen molar-refractivity contribution >= 4 is 40.0 Å². The molecule has 1 aromatic carbocycles. The number of benzene rings is 1. The van der Waals surface area contributed by atoms with Gasteiger partial charge in [-0.3, -0.25) is 14.2 Å². The first kappa shape index (κ1) is 21.7. The minimum atomic E-state index is -0.121. The van der Waals surface area contributed by atoms with Crippen molar-refractivity contribution in [2.24, 2.45) is 0 Å². The van der Waals surface area contributed by atoms with Crippen molar-refractivity contribution in [2.45, 2.75) is 63.4 Å². The highest BCUT2D eigenvalue weighted by molar-refractivity contribution is 7.99. The summed E-state index contributed by atoms with van der Waals surface area (Å²) in [4.78, 5) is 31.1. The number of ether oxygens (including phenoxy) is 1. The monoisotopic (exact) mass is 471 g/mol. The van der Waals surface area contributed by atoms with Gasteiger partial charge in [0.05, 0.1) is 29.3 Å². The predicted octanol–water partition coefficient (Wildman–Crippen LogP) is 4.96. The molecule has 32 heavy (non-hydrogen) atoms. The van der Waals surface area contributed by atoms with Gasteiger partial charge in [0, 0.05) is 34.6 Å². The van der Waals surface area contributed by atoms with Gasteiger partial charge in [-0.2, -0.15) is 0 Å². The summed E-state index contributed by atoms with van der Waals surface area (Å²) in [5, 5.41) is 1.58. The van der Waals surface area contributed by atoms with E-state index in [0.717, 1.165) is 29.8 Å². The number of Topliss-reactive ketones (excluding diaryl/α,β-unsaturated/α-hetero) is 1. The summed E-state index contributed by atoms with van der Waals surface area (Å²) in [5.74, 6) is 0.276. The Hall–Kier alpha value is -2.09. The number of thioether (sulfide) groups is 1. The second-order valence-electron chi connectivity index (χ2n) is 8.70. The van der Waals surface area contributed by atoms with Crippen LogP contribution in [0.5, 0.6) is 0 Å². The Morgan fingerprint density at radius 2 is 2.06 bits per heavy atom. The minimum absolute atomic E-state index is 0.00762. The van der Waals surface area contributed by atoms with Gasteiger partial charge >= 0.3 is 0 Å². The van der Waals surface area contributed by atoms with Crippen molar-refractivity contribution in [2.75, 3.05) is 12.4 Å². The van der Waals surface area contributed by atoms with E-state index in [1.165, 1.54) is 24.6 Å². The summed E-state index contributed by atoms with van der Waals surface area (Å²) in [5.41, 5.74) is 3.36. The molecule has 8 heteroatoms. The molecule has 0 spiro atoms. The van der Waals surface area contributed by atoms with Crippen LogP contribution in [0.2, 0.25) is 5.02 Å². The van der Waals surface area contributed by atoms with Crippen LogP contribution < -0.4 is 5.56 Å². The Kier molecular flexibility index (Phi) is 5.90. The Morgan fingerprint density at radius 3 is 2.78 bits per heavy atom. The van der Waals surface area contributed by atoms with E-state index in [2.05, 4.69) is 11.5 Å². The van der Waals surface area contributed by atoms with Gasteiger partial charge in [-0.1, -0.05) is 23.4 Å². The predicted molar refractivity (Wildman–Crippen MR) is 127 cm³/mol. The molecule has 1 saturated heterocycles. The fourth-order valence-corrected chi connectivity index (χ4v) is 5.66. The van der Waals surface area contributed by atoms with Crippen molar-refractivity contribution in [3.8, 4) is 0 Å². The van der Waals surface area contributed by atoms with Crippen LogP contribution >= 0.6 is 23.4 Å². The number of aryl methyl sites for hydroxylation is 1. The Labute approximate surface area is 195 Å². The summed E-state index contributed by atoms with van der Waals surface area (Å²) < 4.78 is 9.71. The van der Waals surface area contributed by atoms with E-state index in [1.807, 2.05) is 13.0 Å². The Balaban J connectivity index is 1.45. The maximum atomic E-state index is 13.3. The van der Waals surface area contributed by atoms with E-state index in [1.54, 1.807) is 22.8 Å². The number of nitrogens with zero attached hydrogens (tertiary/aromatic N) is 3. The van der Waals surface area contributed by atoms with Crippen LogP contribution in [-0.4, -0.2) is 38.4 Å². The lowest BCUT2D eigenvalue weighted by Gasteiger charge is -2.16. The molecule has 0 amide bonds. The zero-order valence-corrected chi connectivity index (χ0v) is 19.8. The third-order valence-electron chi connectivity index (χ3n) is 6.32. The van der Waals surface area contributed by atoms with Gasteiger partial charge in [0.15, 0.2) is 10.9 Å². The van der Waals surface area contributed by atoms with Gasteiger partial charge in [-0.05, 0) is 63.8 Å². The molecule has 2 fully saturated rings. The van der Waals surface area contributed by atoms with Crippen molar-refractivity contribution in [1.82, 2.24) is 14.1 Å². The summed E-state index contributed by atoms with van der Waals surface area (Å²) in [6, 6.07) is 7.64. The highest BCUT2D eigenvalue weighted by Crippen LogP contribution is 2.38. The molecular weight excluding hydrogens is 446 g/mol. The molecule has 0 N–H and O–H groups in total. The van der Waals surface area contributed by atoms with Crippen LogP contribution in [-0.2, 0) is 11.3 Å². The molecule has 2 aromatic heterocycles. The molecule has 3 aromatic rings. The summed E-state index contributed by atoms with van der Waals surface area (Å²) in [6.45, 7) is 5.24. The van der Waals surface area contributed by atoms with E-state index < -0.39 is 0 Å². The van der Waals surface area contributed by atoms with E-state index in [-0.39, 0.29) is 23.2 Å². The van der Waals surface area contributed by atoms with Gasteiger partial charge in [-0.15, -0.1) is 0 Å². The molecule has 5 rings (SSSR count). The number of fused-ring (bicyclic) bond motifs is 1. The molecule has 6 nitrogen and oxygen atoms in total. The fraction of sp³-hybridized carbons (Fsp3) is 0.458. The van der Waals surface area contributed by atoms with Crippen LogP contribution in [0.25, 0.3) is 10.9 Å². The van der Waals surface area contributed by atoms with E-state index >= 15 is 0 Å². The number of ketones is 1. The third-order valence-corrected chi connectivity index (χ3v) is 7.53. The van der Waals surface area contributed by atoms with Crippen LogP contribution in [0.1, 0.15) is 53.5 Å². The first-order valence-electron chi connectivity index (χ1n) is 11.1. The molecular formula is C24H26ClN3O3S. The third kappa shape index (κ3) is 4.14. The number of carbonyl (C=O) groups excluding carboxylic acids is 1. The number of halogens is 1. The van der Waals surface area contributed by atoms with Crippen LogP contribution in [0.3, 0.4) is 0 Å². The second kappa shape index (κ2) is 8.69. The summed E-state index contributed by atoms with van der Waals surface area (Å²) in [7, 11) is 0. The van der Waals surface area contributed by atoms with Crippen LogP contribution in [0, 0.1) is 13.8 Å². The first-order valence-corrected chi connectivity index (χ1v) is 12.4. The molecule has 168 valence electrons. The van der Waals surface area contributed by atoms with E-state index in [0.29, 0.717) is 40.3 Å². The highest BCUT2D eigenvalue weighted by atomic mass is 35.5. The van der Waals surface area contributed by atoms with Gasteiger partial charge in [0.1, 0.15) is 0 Å². The lowest BCUT2D eigenvalue weighted by Crippen LogP contribution is -2.29. The average molecular weight is 472 g/mol. The smallest absolute Gasteiger partial charge is 0.262 e. The van der Waals surface area contributed by atoms with Gasteiger partial charge < -0.3 is 9.30 Å². The topological polar surface area (TPSA) is 66.1 Å². The molecule has 1 atom stereocenters. The number of carbonyl (C=O) groups is 1. The molecule has 1 aliphatic heterocycles. The van der Waals surface area contributed by atoms with E-state index in [4.69, 9.17) is 21.3 Å². The largest absolute Gasteiger partial charge is 0.376 e. The molecule has 0 bridgehead atoms. The lowest BCUT2D eigenvalue weighted by molar-refractivity contribution is 0.0937. The molecule has 1 unspecified atom stereocenters. The zero-order chi connectivity index (χ0) is 22.4. The molecule has 1 saturated carbocycles. The Bertz CT molecular complexity index is 1260. The first-order chi connectivity index (χ1) is 15.4. The molecule has 3 heterocycles. The number of aromatic nitrogens is 3. The normalized spacial score (nSPS) is 18.5. The van der Waals surface area contributed by atoms with E-state index in [9.17, 15) is 9.59 Å². The van der Waals surface area contributed by atoms with Crippen molar-refractivity contribution in [3.05, 3.63) is 56.6 Å². The van der Waals surface area contributed by atoms with Crippen molar-refractivity contribution in [3.63, 3.8) is 0 Å². The maximum absolute atomic E-state index is 13.3. The van der Waals surface area contributed by atoms with Crippen LogP contribution in [0.4, 0.5) is 0 Å². The second-order valence-corrected chi connectivity index (χ2v) is 10.1. The fourth-order valence-electron chi connectivity index (χ4n) is 4.60. The summed E-state index contributed by atoms with van der Waals surface area (Å²) >= 11 is 7.45. The van der Waals surface area contributed by atoms with Crippen molar-refractivity contribution < 1.29 is 9.53 Å². The highest BCUT2D eigenvalue weighted by Gasteiger charge is 2.28. The zero-order valence-electron chi connectivity index (χ0n) is 18.3. The maximum Gasteiger partial charge on any atom is 0.262 e. The standard InChI is InChI=1S/C24H26ClN3O3S/c1-14-10-20(15(2)28(14)17-6-7-17)22(29)13-32-24-26-21-11-16(25)5-8-19(21)23(30)27(24)12-18-4-3-9-31-18/h5,8,10-11,17-18H,3-4,6-7,9,12-13H2,1-2H3. The SMILES string of the molecule is Cc1cc(C(=O)CSc2nc3cc(Cl)ccc3c(=O)n2CC2CCCO2)c(C)n1C1CC1. The average Bonchev–Trinajstić information content (AvgIpc) is 3.36. The summed E-state index contributed by atoms with van der Waals surface area (Å²) in [6.07, 6.45) is 4.26. The van der Waals surface area contributed by atoms with Gasteiger partial charge in [0.25, 0.3) is 5.56 Å². The van der Waals surface area contributed by atoms with Crippen LogP contribution in [0.15, 0.2) is 34.2 Å². The number of hydrogen-bond donors (Lipinski definition) is 0. The molecule has 2 aliphatic rings. The van der Waals surface area contributed by atoms with Gasteiger partial charge in [-0.25, -0.2) is 4.98 Å². The lowest BCUT2D eigenvalue weighted by atomic mass is 10.2. The quantitative estimate of drug-likeness (QED) is 0.277. The number of rotatable bonds is 7. The minimum Gasteiger partial charge on any atom is -0.376 e.